The molecule has 1 heterocycles. The van der Waals surface area contributed by atoms with Crippen molar-refractivity contribution in [2.75, 3.05) is 0 Å². The summed E-state index contributed by atoms with van der Waals surface area (Å²) in [6, 6.07) is 9.47. The van der Waals surface area contributed by atoms with E-state index in [0.29, 0.717) is 17.1 Å². The lowest BCUT2D eigenvalue weighted by molar-refractivity contribution is 0.0988. The first-order chi connectivity index (χ1) is 8.56. The van der Waals surface area contributed by atoms with E-state index in [9.17, 15) is 4.79 Å². The zero-order valence-corrected chi connectivity index (χ0v) is 11.2. The first kappa shape index (κ1) is 12.8. The van der Waals surface area contributed by atoms with Gasteiger partial charge in [-0.25, -0.2) is 0 Å². The summed E-state index contributed by atoms with van der Waals surface area (Å²) in [7, 11) is 0. The van der Waals surface area contributed by atoms with Crippen LogP contribution in [0.2, 0.25) is 5.02 Å². The number of carbonyl (C=O) groups excluding carboxylic acids is 1. The van der Waals surface area contributed by atoms with E-state index in [-0.39, 0.29) is 5.78 Å². The highest BCUT2D eigenvalue weighted by molar-refractivity contribution is 6.30. The quantitative estimate of drug-likeness (QED) is 0.786. The molecule has 0 unspecified atom stereocenters. The zero-order valence-electron chi connectivity index (χ0n) is 10.4. The molecule has 2 aromatic rings. The van der Waals surface area contributed by atoms with Crippen molar-refractivity contribution in [1.29, 1.82) is 0 Å². The van der Waals surface area contributed by atoms with Crippen LogP contribution in [0.1, 0.15) is 27.2 Å². The molecular weight excluding hydrogens is 246 g/mol. The molecule has 0 saturated carbocycles. The fourth-order valence-electron chi connectivity index (χ4n) is 1.80. The molecule has 0 aliphatic carbocycles. The van der Waals surface area contributed by atoms with Gasteiger partial charge in [-0.3, -0.25) is 9.78 Å². The van der Waals surface area contributed by atoms with E-state index in [1.807, 2.05) is 32.0 Å². The third-order valence-corrected chi connectivity index (χ3v) is 3.09. The van der Waals surface area contributed by atoms with Crippen molar-refractivity contribution < 1.29 is 4.79 Å². The molecule has 1 aromatic carbocycles. The Bertz CT molecular complexity index is 576. The topological polar surface area (TPSA) is 30.0 Å². The average Bonchev–Trinajstić information content (AvgIpc) is 2.34. The summed E-state index contributed by atoms with van der Waals surface area (Å²) in [5.41, 5.74) is 3.80. The summed E-state index contributed by atoms with van der Waals surface area (Å²) in [5, 5.41) is 0.540. The van der Waals surface area contributed by atoms with Gasteiger partial charge < -0.3 is 0 Å². The zero-order chi connectivity index (χ0) is 13.1. The number of ketones is 1. The number of carbonyl (C=O) groups is 1. The van der Waals surface area contributed by atoms with Crippen molar-refractivity contribution >= 4 is 17.4 Å². The van der Waals surface area contributed by atoms with Crippen LogP contribution in [-0.2, 0) is 6.42 Å². The number of pyridine rings is 1. The van der Waals surface area contributed by atoms with Crippen LogP contribution in [0.4, 0.5) is 0 Å². The second kappa shape index (κ2) is 5.32. The fourth-order valence-corrected chi connectivity index (χ4v) is 1.91. The Hall–Kier alpha value is -1.67. The van der Waals surface area contributed by atoms with Crippen LogP contribution in [0.3, 0.4) is 0 Å². The van der Waals surface area contributed by atoms with Gasteiger partial charge in [0.05, 0.1) is 5.02 Å². The van der Waals surface area contributed by atoms with Crippen LogP contribution in [-0.4, -0.2) is 10.8 Å². The van der Waals surface area contributed by atoms with Gasteiger partial charge in [0.2, 0.25) is 0 Å². The SMILES string of the molecule is Cc1ccc(C)c(CC(=O)c2ccc(Cl)cn2)c1. The van der Waals surface area contributed by atoms with Gasteiger partial charge >= 0.3 is 0 Å². The Labute approximate surface area is 112 Å². The van der Waals surface area contributed by atoms with Gasteiger partial charge in [0, 0.05) is 12.6 Å². The van der Waals surface area contributed by atoms with Crippen LogP contribution in [0.15, 0.2) is 36.5 Å². The summed E-state index contributed by atoms with van der Waals surface area (Å²) in [4.78, 5) is 16.1. The number of aryl methyl sites for hydroxylation is 2. The molecule has 0 amide bonds. The molecule has 3 heteroatoms. The van der Waals surface area contributed by atoms with E-state index < -0.39 is 0 Å². The minimum absolute atomic E-state index is 0.0142. The number of hydrogen-bond acceptors (Lipinski definition) is 2. The fraction of sp³-hybridized carbons (Fsp3) is 0.200. The summed E-state index contributed by atoms with van der Waals surface area (Å²) >= 11 is 5.75. The van der Waals surface area contributed by atoms with Gasteiger partial charge in [-0.05, 0) is 37.1 Å². The Morgan fingerprint density at radius 3 is 2.67 bits per heavy atom. The summed E-state index contributed by atoms with van der Waals surface area (Å²) in [6.07, 6.45) is 1.88. The van der Waals surface area contributed by atoms with Crippen LogP contribution < -0.4 is 0 Å². The molecule has 18 heavy (non-hydrogen) atoms. The van der Waals surface area contributed by atoms with E-state index in [1.165, 1.54) is 6.20 Å². The smallest absolute Gasteiger partial charge is 0.185 e. The van der Waals surface area contributed by atoms with Crippen molar-refractivity contribution in [3.8, 4) is 0 Å². The molecule has 0 radical (unpaired) electrons. The number of nitrogens with zero attached hydrogens (tertiary/aromatic N) is 1. The van der Waals surface area contributed by atoms with Crippen LogP contribution in [0.25, 0.3) is 0 Å². The molecule has 1 aromatic heterocycles. The van der Waals surface area contributed by atoms with Crippen molar-refractivity contribution in [1.82, 2.24) is 4.98 Å². The number of hydrogen-bond donors (Lipinski definition) is 0. The number of rotatable bonds is 3. The first-order valence-corrected chi connectivity index (χ1v) is 6.15. The predicted molar refractivity (Wildman–Crippen MR) is 73.2 cm³/mol. The van der Waals surface area contributed by atoms with Gasteiger partial charge in [-0.2, -0.15) is 0 Å². The average molecular weight is 260 g/mol. The van der Waals surface area contributed by atoms with Crippen LogP contribution >= 0.6 is 11.6 Å². The first-order valence-electron chi connectivity index (χ1n) is 5.77. The molecule has 2 rings (SSSR count). The van der Waals surface area contributed by atoms with E-state index in [0.717, 1.165) is 16.7 Å². The van der Waals surface area contributed by atoms with E-state index in [4.69, 9.17) is 11.6 Å². The standard InChI is InChI=1S/C15H14ClNO/c1-10-3-4-11(2)12(7-10)8-15(18)14-6-5-13(16)9-17-14/h3-7,9H,8H2,1-2H3. The largest absolute Gasteiger partial charge is 0.292 e. The number of aromatic nitrogens is 1. The van der Waals surface area contributed by atoms with Crippen LogP contribution in [0.5, 0.6) is 0 Å². The number of halogens is 1. The third-order valence-electron chi connectivity index (χ3n) is 2.87. The van der Waals surface area contributed by atoms with Gasteiger partial charge in [0.1, 0.15) is 5.69 Å². The van der Waals surface area contributed by atoms with Gasteiger partial charge in [0.15, 0.2) is 5.78 Å². The Morgan fingerprint density at radius 2 is 2.00 bits per heavy atom. The van der Waals surface area contributed by atoms with Crippen LogP contribution in [0, 0.1) is 13.8 Å². The van der Waals surface area contributed by atoms with Crippen molar-refractivity contribution in [3.05, 3.63) is 63.9 Å². The lowest BCUT2D eigenvalue weighted by atomic mass is 10.00. The lowest BCUT2D eigenvalue weighted by Crippen LogP contribution is -2.07. The maximum absolute atomic E-state index is 12.1. The Morgan fingerprint density at radius 1 is 1.22 bits per heavy atom. The molecule has 0 N–H and O–H groups in total. The monoisotopic (exact) mass is 259 g/mol. The van der Waals surface area contributed by atoms with E-state index >= 15 is 0 Å². The van der Waals surface area contributed by atoms with Crippen molar-refractivity contribution in [2.24, 2.45) is 0 Å². The highest BCUT2D eigenvalue weighted by atomic mass is 35.5. The van der Waals surface area contributed by atoms with Crippen molar-refractivity contribution in [3.63, 3.8) is 0 Å². The molecular formula is C15H14ClNO. The van der Waals surface area contributed by atoms with Gasteiger partial charge in [0.25, 0.3) is 0 Å². The maximum atomic E-state index is 12.1. The summed E-state index contributed by atoms with van der Waals surface area (Å²) in [6.45, 7) is 4.03. The predicted octanol–water partition coefficient (Wildman–Crippen LogP) is 3.78. The normalized spacial score (nSPS) is 10.4. The number of benzene rings is 1. The second-order valence-corrected chi connectivity index (χ2v) is 4.83. The Balaban J connectivity index is 2.21. The highest BCUT2D eigenvalue weighted by Gasteiger charge is 2.10. The highest BCUT2D eigenvalue weighted by Crippen LogP contribution is 2.14. The molecule has 0 atom stereocenters. The third kappa shape index (κ3) is 2.96. The molecule has 0 saturated heterocycles. The molecule has 92 valence electrons. The molecule has 0 aliphatic heterocycles. The molecule has 0 spiro atoms. The van der Waals surface area contributed by atoms with Gasteiger partial charge in [-0.1, -0.05) is 35.4 Å². The Kier molecular flexibility index (Phi) is 3.78. The molecule has 2 nitrogen and oxygen atoms in total. The van der Waals surface area contributed by atoms with Gasteiger partial charge in [-0.15, -0.1) is 0 Å². The maximum Gasteiger partial charge on any atom is 0.185 e. The molecule has 0 aliphatic rings. The summed E-state index contributed by atoms with van der Waals surface area (Å²) < 4.78 is 0. The van der Waals surface area contributed by atoms with E-state index in [2.05, 4.69) is 4.98 Å². The van der Waals surface area contributed by atoms with E-state index in [1.54, 1.807) is 12.1 Å². The lowest BCUT2D eigenvalue weighted by Gasteiger charge is -2.06. The minimum Gasteiger partial charge on any atom is -0.292 e. The summed E-state index contributed by atoms with van der Waals surface area (Å²) in [5.74, 6) is 0.0142. The molecule has 0 bridgehead atoms. The van der Waals surface area contributed by atoms with Crippen molar-refractivity contribution in [2.45, 2.75) is 20.3 Å². The minimum atomic E-state index is 0.0142. The molecule has 0 fully saturated rings. The second-order valence-electron chi connectivity index (χ2n) is 4.39. The number of Topliss-reactive ketones (excluding diaryl/α,β-unsaturated/α-hetero) is 1.